The lowest BCUT2D eigenvalue weighted by molar-refractivity contribution is -0.0251. The van der Waals surface area contributed by atoms with Gasteiger partial charge in [-0.25, -0.2) is 0 Å². The van der Waals surface area contributed by atoms with Gasteiger partial charge >= 0.3 is 0 Å². The van der Waals surface area contributed by atoms with Gasteiger partial charge in [-0.05, 0) is 49.7 Å². The van der Waals surface area contributed by atoms with Crippen LogP contribution in [0.15, 0.2) is 42.6 Å². The highest BCUT2D eigenvalue weighted by Gasteiger charge is 2.24. The van der Waals surface area contributed by atoms with Crippen molar-refractivity contribution in [2.45, 2.75) is 25.0 Å². The summed E-state index contributed by atoms with van der Waals surface area (Å²) in [6.07, 6.45) is 3.75. The quantitative estimate of drug-likeness (QED) is 0.821. The van der Waals surface area contributed by atoms with Crippen molar-refractivity contribution in [2.24, 2.45) is 0 Å². The van der Waals surface area contributed by atoms with E-state index < -0.39 is 0 Å². The predicted octanol–water partition coefficient (Wildman–Crippen LogP) is 3.94. The van der Waals surface area contributed by atoms with Crippen molar-refractivity contribution in [3.8, 4) is 5.75 Å². The molecule has 1 aromatic heterocycles. The van der Waals surface area contributed by atoms with Crippen LogP contribution in [0.25, 0.3) is 0 Å². The summed E-state index contributed by atoms with van der Waals surface area (Å²) in [6, 6.07) is 11.8. The fourth-order valence-corrected chi connectivity index (χ4v) is 3.09. The zero-order valence-corrected chi connectivity index (χ0v) is 14.9. The lowest BCUT2D eigenvalue weighted by Crippen LogP contribution is -2.35. The minimum atomic E-state index is -0.217. The van der Waals surface area contributed by atoms with E-state index in [2.05, 4.69) is 23.0 Å². The maximum Gasteiger partial charge on any atom is 0.125 e. The molecule has 0 spiro atoms. The van der Waals surface area contributed by atoms with Crippen LogP contribution in [0.5, 0.6) is 5.75 Å². The van der Waals surface area contributed by atoms with E-state index >= 15 is 0 Å². The zero-order valence-electron chi connectivity index (χ0n) is 14.1. The molecular weight excluding hydrogens is 324 g/mol. The Bertz CT molecular complexity index is 655. The van der Waals surface area contributed by atoms with Crippen LogP contribution in [0.2, 0.25) is 5.02 Å². The largest absolute Gasteiger partial charge is 0.497 e. The smallest absolute Gasteiger partial charge is 0.125 e. The summed E-state index contributed by atoms with van der Waals surface area (Å²) in [7, 11) is 3.82. The number of aromatic nitrogens is 1. The molecule has 1 aliphatic heterocycles. The SMILES string of the molecule is COc1cccc(C(OC2CCN(C)CC2)c2ccc(Cl)cn2)c1. The van der Waals surface area contributed by atoms with Crippen LogP contribution in [0.3, 0.4) is 0 Å². The number of halogens is 1. The van der Waals surface area contributed by atoms with Gasteiger partial charge in [0.05, 0.1) is 23.9 Å². The molecule has 0 aliphatic carbocycles. The van der Waals surface area contributed by atoms with E-state index in [9.17, 15) is 0 Å². The third-order valence-corrected chi connectivity index (χ3v) is 4.63. The molecule has 0 N–H and O–H groups in total. The Morgan fingerprint density at radius 1 is 1.21 bits per heavy atom. The molecule has 0 bridgehead atoms. The minimum absolute atomic E-state index is 0.217. The van der Waals surface area contributed by atoms with E-state index in [1.807, 2.05) is 30.3 Å². The monoisotopic (exact) mass is 346 g/mol. The Kier molecular flexibility index (Phi) is 5.72. The maximum atomic E-state index is 6.46. The zero-order chi connectivity index (χ0) is 16.9. The topological polar surface area (TPSA) is 34.6 Å². The Morgan fingerprint density at radius 2 is 2.00 bits per heavy atom. The molecule has 0 radical (unpaired) electrons. The highest BCUT2D eigenvalue weighted by molar-refractivity contribution is 6.30. The average Bonchev–Trinajstić information content (AvgIpc) is 2.62. The molecule has 4 nitrogen and oxygen atoms in total. The van der Waals surface area contributed by atoms with Crippen LogP contribution in [0.1, 0.15) is 30.2 Å². The van der Waals surface area contributed by atoms with Crippen LogP contribution in [0, 0.1) is 0 Å². The standard InChI is InChI=1S/C19H23ClN2O2/c1-22-10-8-16(9-11-22)24-19(18-7-6-15(20)13-21-18)14-4-3-5-17(12-14)23-2/h3-7,12-13,16,19H,8-11H2,1-2H3. The van der Waals surface area contributed by atoms with Gasteiger partial charge in [0.2, 0.25) is 0 Å². The fourth-order valence-electron chi connectivity index (χ4n) is 2.98. The molecule has 24 heavy (non-hydrogen) atoms. The van der Waals surface area contributed by atoms with Crippen LogP contribution >= 0.6 is 11.6 Å². The molecule has 1 unspecified atom stereocenters. The summed E-state index contributed by atoms with van der Waals surface area (Å²) in [6.45, 7) is 2.12. The Balaban J connectivity index is 1.86. The van der Waals surface area contributed by atoms with Crippen molar-refractivity contribution < 1.29 is 9.47 Å². The van der Waals surface area contributed by atoms with Crippen molar-refractivity contribution >= 4 is 11.6 Å². The second-order valence-corrected chi connectivity index (χ2v) is 6.63. The molecule has 2 heterocycles. The summed E-state index contributed by atoms with van der Waals surface area (Å²) in [5, 5.41) is 0.627. The molecule has 0 amide bonds. The number of pyridine rings is 1. The highest BCUT2D eigenvalue weighted by atomic mass is 35.5. The lowest BCUT2D eigenvalue weighted by atomic mass is 10.0. The number of likely N-dealkylation sites (tertiary alicyclic amines) is 1. The first kappa shape index (κ1) is 17.2. The molecule has 1 atom stereocenters. The van der Waals surface area contributed by atoms with Crippen LogP contribution in [0.4, 0.5) is 0 Å². The van der Waals surface area contributed by atoms with Crippen molar-refractivity contribution in [1.82, 2.24) is 9.88 Å². The molecule has 128 valence electrons. The summed E-state index contributed by atoms with van der Waals surface area (Å²) in [4.78, 5) is 6.82. The van der Waals surface area contributed by atoms with Crippen LogP contribution in [-0.2, 0) is 4.74 Å². The Labute approximate surface area is 148 Å². The third kappa shape index (κ3) is 4.26. The molecule has 1 aromatic carbocycles. The molecule has 0 saturated carbocycles. The van der Waals surface area contributed by atoms with Crippen molar-refractivity contribution in [3.63, 3.8) is 0 Å². The second-order valence-electron chi connectivity index (χ2n) is 6.20. The molecular formula is C19H23ClN2O2. The number of rotatable bonds is 5. The first-order valence-electron chi connectivity index (χ1n) is 8.25. The summed E-state index contributed by atoms with van der Waals surface area (Å²) in [5.74, 6) is 0.818. The Morgan fingerprint density at radius 3 is 2.67 bits per heavy atom. The van der Waals surface area contributed by atoms with Crippen molar-refractivity contribution in [3.05, 3.63) is 58.9 Å². The van der Waals surface area contributed by atoms with Gasteiger partial charge in [0, 0.05) is 19.3 Å². The summed E-state index contributed by atoms with van der Waals surface area (Å²) in [5.41, 5.74) is 1.91. The normalized spacial score (nSPS) is 17.6. The van der Waals surface area contributed by atoms with Gasteiger partial charge in [-0.3, -0.25) is 4.98 Å². The maximum absolute atomic E-state index is 6.46. The molecule has 1 fully saturated rings. The fraction of sp³-hybridized carbons (Fsp3) is 0.421. The molecule has 3 rings (SSSR count). The number of hydrogen-bond donors (Lipinski definition) is 0. The molecule has 2 aromatic rings. The van der Waals surface area contributed by atoms with Crippen LogP contribution in [-0.4, -0.2) is 43.2 Å². The van der Waals surface area contributed by atoms with E-state index in [0.29, 0.717) is 5.02 Å². The van der Waals surface area contributed by atoms with Crippen LogP contribution < -0.4 is 4.74 Å². The average molecular weight is 347 g/mol. The number of nitrogens with zero attached hydrogens (tertiary/aromatic N) is 2. The van der Waals surface area contributed by atoms with Gasteiger partial charge in [-0.1, -0.05) is 23.7 Å². The minimum Gasteiger partial charge on any atom is -0.497 e. The first-order valence-corrected chi connectivity index (χ1v) is 8.63. The number of benzene rings is 1. The van der Waals surface area contributed by atoms with E-state index in [4.69, 9.17) is 21.1 Å². The highest BCUT2D eigenvalue weighted by Crippen LogP contribution is 2.31. The van der Waals surface area contributed by atoms with E-state index in [1.54, 1.807) is 13.3 Å². The first-order chi connectivity index (χ1) is 11.7. The van der Waals surface area contributed by atoms with E-state index in [1.165, 1.54) is 0 Å². The third-order valence-electron chi connectivity index (χ3n) is 4.41. The predicted molar refractivity (Wildman–Crippen MR) is 95.7 cm³/mol. The molecule has 5 heteroatoms. The second kappa shape index (κ2) is 7.97. The van der Waals surface area contributed by atoms with Gasteiger partial charge in [0.1, 0.15) is 11.9 Å². The van der Waals surface area contributed by atoms with Gasteiger partial charge < -0.3 is 14.4 Å². The van der Waals surface area contributed by atoms with E-state index in [-0.39, 0.29) is 12.2 Å². The van der Waals surface area contributed by atoms with E-state index in [0.717, 1.165) is 42.9 Å². The number of ether oxygens (including phenoxy) is 2. The van der Waals surface area contributed by atoms with Gasteiger partial charge in [-0.15, -0.1) is 0 Å². The molecule has 1 aliphatic rings. The number of piperidine rings is 1. The van der Waals surface area contributed by atoms with Crippen molar-refractivity contribution in [2.75, 3.05) is 27.2 Å². The Hall–Kier alpha value is -1.62. The molecule has 1 saturated heterocycles. The number of hydrogen-bond acceptors (Lipinski definition) is 4. The summed E-state index contributed by atoms with van der Waals surface area (Å²) >= 11 is 5.99. The van der Waals surface area contributed by atoms with Gasteiger partial charge in [0.15, 0.2) is 0 Å². The van der Waals surface area contributed by atoms with Crippen molar-refractivity contribution in [1.29, 1.82) is 0 Å². The lowest BCUT2D eigenvalue weighted by Gasteiger charge is -2.32. The summed E-state index contributed by atoms with van der Waals surface area (Å²) < 4.78 is 11.8. The number of methoxy groups -OCH3 is 1. The van der Waals surface area contributed by atoms with Gasteiger partial charge in [-0.2, -0.15) is 0 Å². The van der Waals surface area contributed by atoms with Gasteiger partial charge in [0.25, 0.3) is 0 Å².